The standard InChI is InChI=1S/C20H24ClN3O3/c1-3-6-19(25)23-15-9-10-17(21)18(12-15)24-20(26)13-22-14-7-5-8-16(11-14)27-4-2/h5,7-12,22H,3-4,6,13H2,1-2H3,(H,23,25)(H,24,26). The van der Waals surface area contributed by atoms with E-state index in [-0.39, 0.29) is 18.4 Å². The van der Waals surface area contributed by atoms with Crippen molar-refractivity contribution in [1.29, 1.82) is 0 Å². The topological polar surface area (TPSA) is 79.5 Å². The molecular weight excluding hydrogens is 366 g/mol. The average molecular weight is 390 g/mol. The van der Waals surface area contributed by atoms with Crippen molar-refractivity contribution in [2.24, 2.45) is 0 Å². The van der Waals surface area contributed by atoms with Crippen molar-refractivity contribution >= 4 is 40.5 Å². The third-order valence-electron chi connectivity index (χ3n) is 3.60. The molecule has 0 fully saturated rings. The fourth-order valence-corrected chi connectivity index (χ4v) is 2.55. The van der Waals surface area contributed by atoms with Gasteiger partial charge in [-0.1, -0.05) is 24.6 Å². The van der Waals surface area contributed by atoms with Gasteiger partial charge < -0.3 is 20.7 Å². The maximum atomic E-state index is 12.2. The van der Waals surface area contributed by atoms with Gasteiger partial charge in [-0.2, -0.15) is 0 Å². The van der Waals surface area contributed by atoms with Crippen LogP contribution in [0.3, 0.4) is 0 Å². The Hall–Kier alpha value is -2.73. The second kappa shape index (κ2) is 10.4. The van der Waals surface area contributed by atoms with Crippen molar-refractivity contribution in [3.63, 3.8) is 0 Å². The lowest BCUT2D eigenvalue weighted by molar-refractivity contribution is -0.116. The monoisotopic (exact) mass is 389 g/mol. The van der Waals surface area contributed by atoms with Gasteiger partial charge in [-0.05, 0) is 43.7 Å². The van der Waals surface area contributed by atoms with E-state index in [1.165, 1.54) is 0 Å². The zero-order valence-electron chi connectivity index (χ0n) is 15.5. The van der Waals surface area contributed by atoms with E-state index < -0.39 is 0 Å². The fraction of sp³-hybridized carbons (Fsp3) is 0.300. The minimum Gasteiger partial charge on any atom is -0.494 e. The average Bonchev–Trinajstić information content (AvgIpc) is 2.64. The van der Waals surface area contributed by atoms with Crippen LogP contribution >= 0.6 is 11.6 Å². The lowest BCUT2D eigenvalue weighted by atomic mass is 10.2. The first-order valence-corrected chi connectivity index (χ1v) is 9.25. The summed E-state index contributed by atoms with van der Waals surface area (Å²) in [6.07, 6.45) is 1.20. The van der Waals surface area contributed by atoms with Gasteiger partial charge >= 0.3 is 0 Å². The van der Waals surface area contributed by atoms with Crippen LogP contribution in [-0.4, -0.2) is 25.0 Å². The molecule has 7 heteroatoms. The molecule has 2 aromatic carbocycles. The molecule has 0 aromatic heterocycles. The van der Waals surface area contributed by atoms with E-state index in [2.05, 4.69) is 16.0 Å². The van der Waals surface area contributed by atoms with E-state index in [4.69, 9.17) is 16.3 Å². The summed E-state index contributed by atoms with van der Waals surface area (Å²) in [7, 11) is 0. The number of anilines is 3. The van der Waals surface area contributed by atoms with Crippen LogP contribution in [0.4, 0.5) is 17.1 Å². The molecule has 2 rings (SSSR count). The van der Waals surface area contributed by atoms with Crippen molar-refractivity contribution < 1.29 is 14.3 Å². The Morgan fingerprint density at radius 1 is 1.00 bits per heavy atom. The number of carbonyl (C=O) groups excluding carboxylic acids is 2. The molecule has 0 radical (unpaired) electrons. The summed E-state index contributed by atoms with van der Waals surface area (Å²) in [5.41, 5.74) is 1.81. The Kier molecular flexibility index (Phi) is 7.95. The van der Waals surface area contributed by atoms with Gasteiger partial charge in [-0.15, -0.1) is 0 Å². The van der Waals surface area contributed by atoms with Gasteiger partial charge in [0.05, 0.1) is 23.9 Å². The lowest BCUT2D eigenvalue weighted by Crippen LogP contribution is -2.22. The zero-order valence-corrected chi connectivity index (χ0v) is 16.2. The number of carbonyl (C=O) groups is 2. The first-order chi connectivity index (χ1) is 13.0. The molecular formula is C20H24ClN3O3. The molecule has 0 atom stereocenters. The molecule has 0 aliphatic rings. The molecule has 0 saturated heterocycles. The summed E-state index contributed by atoms with van der Waals surface area (Å²) in [4.78, 5) is 23.9. The van der Waals surface area contributed by atoms with Gasteiger partial charge in [0.2, 0.25) is 11.8 Å². The SMILES string of the molecule is CCCC(=O)Nc1ccc(Cl)c(NC(=O)CNc2cccc(OCC)c2)c1. The minimum absolute atomic E-state index is 0.0678. The number of halogens is 1. The van der Waals surface area contributed by atoms with E-state index >= 15 is 0 Å². The van der Waals surface area contributed by atoms with Crippen LogP contribution in [0.1, 0.15) is 26.7 Å². The third kappa shape index (κ3) is 6.83. The van der Waals surface area contributed by atoms with Gasteiger partial charge in [0.1, 0.15) is 5.75 Å². The van der Waals surface area contributed by atoms with Crippen LogP contribution in [0.5, 0.6) is 5.75 Å². The van der Waals surface area contributed by atoms with Crippen molar-refractivity contribution in [1.82, 2.24) is 0 Å². The first kappa shape index (κ1) is 20.6. The van der Waals surface area contributed by atoms with Crippen molar-refractivity contribution in [2.75, 3.05) is 29.1 Å². The van der Waals surface area contributed by atoms with Crippen LogP contribution in [0.2, 0.25) is 5.02 Å². The molecule has 6 nitrogen and oxygen atoms in total. The molecule has 27 heavy (non-hydrogen) atoms. The normalized spacial score (nSPS) is 10.2. The second-order valence-corrected chi connectivity index (χ2v) is 6.26. The summed E-state index contributed by atoms with van der Waals surface area (Å²) in [6.45, 7) is 4.49. The van der Waals surface area contributed by atoms with E-state index in [0.717, 1.165) is 17.9 Å². The second-order valence-electron chi connectivity index (χ2n) is 5.86. The molecule has 0 saturated carbocycles. The number of ether oxygens (including phenoxy) is 1. The van der Waals surface area contributed by atoms with Crippen molar-refractivity contribution in [2.45, 2.75) is 26.7 Å². The van der Waals surface area contributed by atoms with Crippen LogP contribution in [0.25, 0.3) is 0 Å². The van der Waals surface area contributed by atoms with Crippen LogP contribution in [0, 0.1) is 0 Å². The molecule has 0 bridgehead atoms. The van der Waals surface area contributed by atoms with Crippen LogP contribution in [-0.2, 0) is 9.59 Å². The zero-order chi connectivity index (χ0) is 19.6. The number of amides is 2. The van der Waals surface area contributed by atoms with E-state index in [9.17, 15) is 9.59 Å². The Morgan fingerprint density at radius 2 is 1.81 bits per heavy atom. The summed E-state index contributed by atoms with van der Waals surface area (Å²) >= 11 is 6.15. The Balaban J connectivity index is 1.94. The van der Waals surface area contributed by atoms with Gasteiger partial charge in [0.15, 0.2) is 0 Å². The highest BCUT2D eigenvalue weighted by Gasteiger charge is 2.09. The van der Waals surface area contributed by atoms with Crippen molar-refractivity contribution in [3.05, 3.63) is 47.5 Å². The number of nitrogens with one attached hydrogen (secondary N) is 3. The van der Waals surface area contributed by atoms with Gasteiger partial charge in [0.25, 0.3) is 0 Å². The highest BCUT2D eigenvalue weighted by Crippen LogP contribution is 2.26. The molecule has 2 amide bonds. The van der Waals surface area contributed by atoms with E-state index in [0.29, 0.717) is 29.4 Å². The molecule has 144 valence electrons. The minimum atomic E-state index is -0.254. The Labute approximate surface area is 164 Å². The summed E-state index contributed by atoms with van der Waals surface area (Å²) in [5.74, 6) is 0.408. The highest BCUT2D eigenvalue weighted by molar-refractivity contribution is 6.33. The number of benzene rings is 2. The summed E-state index contributed by atoms with van der Waals surface area (Å²) in [5, 5.41) is 8.97. The first-order valence-electron chi connectivity index (χ1n) is 8.87. The molecule has 0 unspecified atom stereocenters. The molecule has 0 aliphatic heterocycles. The third-order valence-corrected chi connectivity index (χ3v) is 3.93. The maximum Gasteiger partial charge on any atom is 0.243 e. The summed E-state index contributed by atoms with van der Waals surface area (Å²) in [6, 6.07) is 12.4. The lowest BCUT2D eigenvalue weighted by Gasteiger charge is -2.12. The highest BCUT2D eigenvalue weighted by atomic mass is 35.5. The largest absolute Gasteiger partial charge is 0.494 e. The quantitative estimate of drug-likeness (QED) is 0.588. The Bertz CT molecular complexity index is 796. The molecule has 0 spiro atoms. The predicted octanol–water partition coefficient (Wildman–Crippen LogP) is 4.53. The summed E-state index contributed by atoms with van der Waals surface area (Å²) < 4.78 is 5.43. The van der Waals surface area contributed by atoms with E-state index in [1.807, 2.05) is 38.1 Å². The predicted molar refractivity (Wildman–Crippen MR) is 110 cm³/mol. The number of hydrogen-bond donors (Lipinski definition) is 3. The van der Waals surface area contributed by atoms with Crippen molar-refractivity contribution in [3.8, 4) is 5.75 Å². The molecule has 0 aliphatic carbocycles. The van der Waals surface area contributed by atoms with Gasteiger partial charge in [0, 0.05) is 23.9 Å². The molecule has 2 aromatic rings. The maximum absolute atomic E-state index is 12.2. The fourth-order valence-electron chi connectivity index (χ4n) is 2.39. The molecule has 3 N–H and O–H groups in total. The van der Waals surface area contributed by atoms with Gasteiger partial charge in [-0.3, -0.25) is 9.59 Å². The van der Waals surface area contributed by atoms with Crippen LogP contribution in [0.15, 0.2) is 42.5 Å². The molecule has 0 heterocycles. The number of hydrogen-bond acceptors (Lipinski definition) is 4. The number of rotatable bonds is 9. The Morgan fingerprint density at radius 3 is 2.56 bits per heavy atom. The van der Waals surface area contributed by atoms with Gasteiger partial charge in [-0.25, -0.2) is 0 Å². The smallest absolute Gasteiger partial charge is 0.243 e. The van der Waals surface area contributed by atoms with Crippen LogP contribution < -0.4 is 20.7 Å². The van der Waals surface area contributed by atoms with E-state index in [1.54, 1.807) is 18.2 Å².